The molecule has 1 N–H and O–H groups in total. The van der Waals surface area contributed by atoms with Gasteiger partial charge < -0.3 is 0 Å². The van der Waals surface area contributed by atoms with Crippen molar-refractivity contribution in [1.29, 1.82) is 5.41 Å². The second-order valence-corrected chi connectivity index (χ2v) is 6.96. The highest BCUT2D eigenvalue weighted by Crippen LogP contribution is 2.39. The van der Waals surface area contributed by atoms with Crippen LogP contribution in [0.3, 0.4) is 0 Å². The minimum atomic E-state index is 0.185. The van der Waals surface area contributed by atoms with Crippen molar-refractivity contribution in [1.82, 2.24) is 0 Å². The zero-order valence-electron chi connectivity index (χ0n) is 14.9. The molecule has 1 unspecified atom stereocenters. The van der Waals surface area contributed by atoms with Crippen LogP contribution in [-0.4, -0.2) is 5.71 Å². The fourth-order valence-corrected chi connectivity index (χ4v) is 4.10. The molecular weight excluding hydrogens is 326 g/mol. The van der Waals surface area contributed by atoms with E-state index in [2.05, 4.69) is 72.8 Å². The molecular formula is C26H19N. The molecule has 1 heteroatoms. The van der Waals surface area contributed by atoms with E-state index >= 15 is 0 Å². The molecule has 27 heavy (non-hydrogen) atoms. The minimum absolute atomic E-state index is 0.185. The third-order valence-corrected chi connectivity index (χ3v) is 5.41. The van der Waals surface area contributed by atoms with Gasteiger partial charge in [0.25, 0.3) is 0 Å². The van der Waals surface area contributed by atoms with Gasteiger partial charge in [-0.15, -0.1) is 0 Å². The van der Waals surface area contributed by atoms with Crippen LogP contribution in [0.15, 0.2) is 97.1 Å². The monoisotopic (exact) mass is 345 g/mol. The van der Waals surface area contributed by atoms with E-state index in [1.807, 2.05) is 30.3 Å². The second kappa shape index (κ2) is 6.37. The molecule has 0 heterocycles. The first-order valence-corrected chi connectivity index (χ1v) is 9.26. The van der Waals surface area contributed by atoms with Crippen LogP contribution < -0.4 is 0 Å². The van der Waals surface area contributed by atoms with E-state index in [0.717, 1.165) is 16.5 Å². The summed E-state index contributed by atoms with van der Waals surface area (Å²) in [6.45, 7) is 0. The van der Waals surface area contributed by atoms with Gasteiger partial charge in [-0.2, -0.15) is 0 Å². The van der Waals surface area contributed by atoms with Crippen LogP contribution in [0.5, 0.6) is 0 Å². The fourth-order valence-electron chi connectivity index (χ4n) is 4.10. The van der Waals surface area contributed by atoms with Crippen LogP contribution in [0.4, 0.5) is 0 Å². The lowest BCUT2D eigenvalue weighted by molar-refractivity contribution is 1.05. The average Bonchev–Trinajstić information content (AvgIpc) is 3.17. The quantitative estimate of drug-likeness (QED) is 0.415. The zero-order chi connectivity index (χ0) is 18.2. The maximum Gasteiger partial charge on any atom is 0.0693 e. The Morgan fingerprint density at radius 1 is 0.667 bits per heavy atom. The Hall–Kier alpha value is -3.45. The smallest absolute Gasteiger partial charge is 0.0693 e. The molecule has 0 radical (unpaired) electrons. The van der Waals surface area contributed by atoms with Gasteiger partial charge in [0.15, 0.2) is 0 Å². The maximum absolute atomic E-state index is 9.02. The zero-order valence-corrected chi connectivity index (χ0v) is 14.9. The lowest BCUT2D eigenvalue weighted by Crippen LogP contribution is -2.09. The van der Waals surface area contributed by atoms with Crippen molar-refractivity contribution in [2.75, 3.05) is 0 Å². The largest absolute Gasteiger partial charge is 0.300 e. The van der Waals surface area contributed by atoms with Crippen LogP contribution in [0.1, 0.15) is 33.7 Å². The SMILES string of the molecule is N=C(c1ccccc1)c1c(C2C=Cc3ccccc32)ccc2ccccc12. The topological polar surface area (TPSA) is 23.9 Å². The third-order valence-electron chi connectivity index (χ3n) is 5.41. The molecule has 0 saturated carbocycles. The Morgan fingerprint density at radius 3 is 2.30 bits per heavy atom. The first-order chi connectivity index (χ1) is 13.3. The summed E-state index contributed by atoms with van der Waals surface area (Å²) < 4.78 is 0. The standard InChI is InChI=1S/C26H19N/c27-26(20-10-2-1-3-11-20)25-22-13-7-5-9-19(22)15-17-24(25)23-16-14-18-8-4-6-12-21(18)23/h1-17,23,27H. The number of rotatable bonds is 3. The van der Waals surface area contributed by atoms with Gasteiger partial charge in [-0.25, -0.2) is 0 Å². The molecule has 1 nitrogen and oxygen atoms in total. The number of fused-ring (bicyclic) bond motifs is 2. The van der Waals surface area contributed by atoms with Gasteiger partial charge in [0.05, 0.1) is 5.71 Å². The number of nitrogens with one attached hydrogen (secondary N) is 1. The highest BCUT2D eigenvalue weighted by molar-refractivity contribution is 6.19. The van der Waals surface area contributed by atoms with Crippen molar-refractivity contribution in [3.05, 3.63) is 125 Å². The maximum atomic E-state index is 9.02. The molecule has 0 amide bonds. The van der Waals surface area contributed by atoms with Crippen molar-refractivity contribution in [3.63, 3.8) is 0 Å². The lowest BCUT2D eigenvalue weighted by atomic mass is 9.84. The van der Waals surface area contributed by atoms with E-state index in [9.17, 15) is 0 Å². The number of hydrogen-bond donors (Lipinski definition) is 1. The van der Waals surface area contributed by atoms with E-state index in [1.165, 1.54) is 22.1 Å². The molecule has 1 atom stereocenters. The molecule has 0 spiro atoms. The average molecular weight is 345 g/mol. The molecule has 0 fully saturated rings. The fraction of sp³-hybridized carbons (Fsp3) is 0.0385. The van der Waals surface area contributed by atoms with E-state index in [4.69, 9.17) is 5.41 Å². The summed E-state index contributed by atoms with van der Waals surface area (Å²) in [6, 6.07) is 31.3. The van der Waals surface area contributed by atoms with Crippen molar-refractivity contribution < 1.29 is 0 Å². The summed E-state index contributed by atoms with van der Waals surface area (Å²) in [6.07, 6.45) is 4.46. The number of benzene rings is 4. The van der Waals surface area contributed by atoms with E-state index in [-0.39, 0.29) is 5.92 Å². The lowest BCUT2D eigenvalue weighted by Gasteiger charge is -2.19. The normalized spacial score (nSPS) is 15.0. The van der Waals surface area contributed by atoms with Gasteiger partial charge >= 0.3 is 0 Å². The summed E-state index contributed by atoms with van der Waals surface area (Å²) in [4.78, 5) is 0. The van der Waals surface area contributed by atoms with Crippen molar-refractivity contribution in [2.24, 2.45) is 0 Å². The second-order valence-electron chi connectivity index (χ2n) is 6.96. The van der Waals surface area contributed by atoms with Crippen LogP contribution in [0.2, 0.25) is 0 Å². The summed E-state index contributed by atoms with van der Waals surface area (Å²) in [5.41, 5.74) is 6.35. The summed E-state index contributed by atoms with van der Waals surface area (Å²) in [5.74, 6) is 0.185. The number of hydrogen-bond acceptors (Lipinski definition) is 1. The van der Waals surface area contributed by atoms with E-state index in [1.54, 1.807) is 0 Å². The highest BCUT2D eigenvalue weighted by Gasteiger charge is 2.24. The van der Waals surface area contributed by atoms with Crippen molar-refractivity contribution >= 4 is 22.6 Å². The van der Waals surface area contributed by atoms with E-state index < -0.39 is 0 Å². The molecule has 1 aliphatic rings. The molecule has 0 aliphatic heterocycles. The molecule has 5 rings (SSSR count). The number of allylic oxidation sites excluding steroid dienone is 1. The summed E-state index contributed by atoms with van der Waals surface area (Å²) in [7, 11) is 0. The Kier molecular flexibility index (Phi) is 3.72. The minimum Gasteiger partial charge on any atom is -0.300 e. The van der Waals surface area contributed by atoms with Gasteiger partial charge in [0.2, 0.25) is 0 Å². The molecule has 0 aromatic heterocycles. The Bertz CT molecular complexity index is 1190. The van der Waals surface area contributed by atoms with E-state index in [0.29, 0.717) is 5.71 Å². The summed E-state index contributed by atoms with van der Waals surface area (Å²) >= 11 is 0. The van der Waals surface area contributed by atoms with Crippen LogP contribution in [0, 0.1) is 5.41 Å². The molecule has 128 valence electrons. The first-order valence-electron chi connectivity index (χ1n) is 9.26. The van der Waals surface area contributed by atoms with Crippen LogP contribution in [-0.2, 0) is 0 Å². The first kappa shape index (κ1) is 15.8. The van der Waals surface area contributed by atoms with Crippen LogP contribution in [0.25, 0.3) is 16.8 Å². The van der Waals surface area contributed by atoms with Gasteiger partial charge in [0, 0.05) is 17.0 Å². The molecule has 0 bridgehead atoms. The van der Waals surface area contributed by atoms with Crippen LogP contribution >= 0.6 is 0 Å². The molecule has 1 aliphatic carbocycles. The Balaban J connectivity index is 1.77. The summed E-state index contributed by atoms with van der Waals surface area (Å²) in [5, 5.41) is 11.3. The highest BCUT2D eigenvalue weighted by atomic mass is 14.4. The predicted molar refractivity (Wildman–Crippen MR) is 114 cm³/mol. The third kappa shape index (κ3) is 2.60. The van der Waals surface area contributed by atoms with Gasteiger partial charge in [0.1, 0.15) is 0 Å². The van der Waals surface area contributed by atoms with Gasteiger partial charge in [-0.05, 0) is 27.5 Å². The Labute approximate surface area is 159 Å². The molecule has 0 saturated heterocycles. The van der Waals surface area contributed by atoms with Gasteiger partial charge in [-0.1, -0.05) is 103 Å². The van der Waals surface area contributed by atoms with Crippen molar-refractivity contribution in [3.8, 4) is 0 Å². The van der Waals surface area contributed by atoms with Crippen molar-refractivity contribution in [2.45, 2.75) is 5.92 Å². The molecule has 4 aromatic rings. The van der Waals surface area contributed by atoms with Gasteiger partial charge in [-0.3, -0.25) is 5.41 Å². The Morgan fingerprint density at radius 2 is 1.41 bits per heavy atom. The predicted octanol–water partition coefficient (Wildman–Crippen LogP) is 6.41. The molecule has 4 aromatic carbocycles.